The molecule has 106 valence electrons. The van der Waals surface area contributed by atoms with E-state index in [-0.39, 0.29) is 5.41 Å². The summed E-state index contributed by atoms with van der Waals surface area (Å²) in [5.41, 5.74) is 1.05. The SMILES string of the molecule is SCC1(COc2cccc3cccnc23)CCOCC1. The lowest BCUT2D eigenvalue weighted by Crippen LogP contribution is -2.36. The fourth-order valence-electron chi connectivity index (χ4n) is 2.58. The molecule has 0 spiro atoms. The highest BCUT2D eigenvalue weighted by Gasteiger charge is 2.32. The van der Waals surface area contributed by atoms with Crippen molar-refractivity contribution in [1.29, 1.82) is 0 Å². The van der Waals surface area contributed by atoms with Crippen molar-refractivity contribution in [3.8, 4) is 5.75 Å². The van der Waals surface area contributed by atoms with Gasteiger partial charge in [-0.05, 0) is 30.7 Å². The van der Waals surface area contributed by atoms with Gasteiger partial charge in [0, 0.05) is 30.2 Å². The van der Waals surface area contributed by atoms with Gasteiger partial charge in [0.15, 0.2) is 0 Å². The maximum absolute atomic E-state index is 6.09. The standard InChI is InChI=1S/C16H19NO2S/c20-12-16(6-9-18-10-7-16)11-19-14-5-1-3-13-4-2-8-17-15(13)14/h1-5,8,20H,6-7,9-12H2. The summed E-state index contributed by atoms with van der Waals surface area (Å²) in [6.07, 6.45) is 3.82. The number of fused-ring (bicyclic) bond motifs is 1. The average molecular weight is 289 g/mol. The van der Waals surface area contributed by atoms with Gasteiger partial charge in [-0.3, -0.25) is 4.98 Å². The Bertz CT molecular complexity index is 576. The molecular formula is C16H19NO2S. The van der Waals surface area contributed by atoms with E-state index >= 15 is 0 Å². The van der Waals surface area contributed by atoms with Crippen molar-refractivity contribution in [2.75, 3.05) is 25.6 Å². The highest BCUT2D eigenvalue weighted by molar-refractivity contribution is 7.80. The molecule has 0 bridgehead atoms. The van der Waals surface area contributed by atoms with E-state index in [1.807, 2.05) is 18.2 Å². The summed E-state index contributed by atoms with van der Waals surface area (Å²) in [5.74, 6) is 1.69. The monoisotopic (exact) mass is 289 g/mol. The first-order valence-corrected chi connectivity index (χ1v) is 7.61. The molecule has 0 atom stereocenters. The van der Waals surface area contributed by atoms with Crippen LogP contribution in [-0.2, 0) is 4.74 Å². The predicted octanol–water partition coefficient (Wildman–Crippen LogP) is 3.34. The van der Waals surface area contributed by atoms with Crippen molar-refractivity contribution < 1.29 is 9.47 Å². The Morgan fingerprint density at radius 1 is 1.20 bits per heavy atom. The zero-order valence-electron chi connectivity index (χ0n) is 11.4. The van der Waals surface area contributed by atoms with E-state index in [9.17, 15) is 0 Å². The van der Waals surface area contributed by atoms with Crippen molar-refractivity contribution in [1.82, 2.24) is 4.98 Å². The molecule has 2 heterocycles. The van der Waals surface area contributed by atoms with Gasteiger partial charge in [-0.2, -0.15) is 12.6 Å². The molecule has 1 fully saturated rings. The van der Waals surface area contributed by atoms with Crippen LogP contribution in [0.3, 0.4) is 0 Å². The van der Waals surface area contributed by atoms with Gasteiger partial charge in [-0.1, -0.05) is 18.2 Å². The molecule has 2 aromatic rings. The summed E-state index contributed by atoms with van der Waals surface area (Å²) < 4.78 is 11.5. The molecule has 3 rings (SSSR count). The van der Waals surface area contributed by atoms with Crippen molar-refractivity contribution in [2.45, 2.75) is 12.8 Å². The number of thiol groups is 1. The fourth-order valence-corrected chi connectivity index (χ4v) is 2.98. The first-order chi connectivity index (χ1) is 9.83. The van der Waals surface area contributed by atoms with Crippen molar-refractivity contribution in [3.63, 3.8) is 0 Å². The number of pyridine rings is 1. The van der Waals surface area contributed by atoms with Gasteiger partial charge < -0.3 is 9.47 Å². The van der Waals surface area contributed by atoms with Gasteiger partial charge in [-0.25, -0.2) is 0 Å². The topological polar surface area (TPSA) is 31.4 Å². The molecule has 1 aliphatic rings. The normalized spacial score (nSPS) is 18.1. The van der Waals surface area contributed by atoms with Crippen LogP contribution in [-0.4, -0.2) is 30.6 Å². The van der Waals surface area contributed by atoms with E-state index in [2.05, 4.69) is 29.7 Å². The number of hydrogen-bond donors (Lipinski definition) is 1. The van der Waals surface area contributed by atoms with Gasteiger partial charge in [0.1, 0.15) is 11.3 Å². The van der Waals surface area contributed by atoms with E-state index in [1.54, 1.807) is 6.20 Å². The molecule has 0 radical (unpaired) electrons. The molecule has 0 aliphatic carbocycles. The second-order valence-electron chi connectivity index (χ2n) is 5.39. The summed E-state index contributed by atoms with van der Waals surface area (Å²) in [5, 5.41) is 1.11. The fraction of sp³-hybridized carbons (Fsp3) is 0.438. The maximum Gasteiger partial charge on any atom is 0.145 e. The molecule has 3 nitrogen and oxygen atoms in total. The summed E-state index contributed by atoms with van der Waals surface area (Å²) in [7, 11) is 0. The lowest BCUT2D eigenvalue weighted by molar-refractivity contribution is 0.00336. The molecule has 0 N–H and O–H groups in total. The second-order valence-corrected chi connectivity index (χ2v) is 5.71. The van der Waals surface area contributed by atoms with E-state index in [0.29, 0.717) is 6.61 Å². The molecule has 4 heteroatoms. The van der Waals surface area contributed by atoms with E-state index in [1.165, 1.54) is 0 Å². The Morgan fingerprint density at radius 3 is 2.80 bits per heavy atom. The van der Waals surface area contributed by atoms with Crippen LogP contribution in [0.5, 0.6) is 5.75 Å². The zero-order valence-corrected chi connectivity index (χ0v) is 12.3. The number of hydrogen-bond acceptors (Lipinski definition) is 4. The Hall–Kier alpha value is -1.26. The average Bonchev–Trinajstić information content (AvgIpc) is 2.54. The second kappa shape index (κ2) is 6.02. The predicted molar refractivity (Wildman–Crippen MR) is 83.6 cm³/mol. The largest absolute Gasteiger partial charge is 0.491 e. The van der Waals surface area contributed by atoms with Crippen molar-refractivity contribution in [2.24, 2.45) is 5.41 Å². The van der Waals surface area contributed by atoms with Crippen LogP contribution >= 0.6 is 12.6 Å². The Kier molecular flexibility index (Phi) is 4.13. The van der Waals surface area contributed by atoms with Crippen molar-refractivity contribution in [3.05, 3.63) is 36.5 Å². The minimum Gasteiger partial charge on any atom is -0.491 e. The van der Waals surface area contributed by atoms with Crippen LogP contribution in [0, 0.1) is 5.41 Å². The van der Waals surface area contributed by atoms with Crippen LogP contribution in [0.1, 0.15) is 12.8 Å². The van der Waals surface area contributed by atoms with Gasteiger partial charge in [-0.15, -0.1) is 0 Å². The number of para-hydroxylation sites is 1. The molecule has 1 aliphatic heterocycles. The Labute approximate surface area is 124 Å². The lowest BCUT2D eigenvalue weighted by Gasteiger charge is -2.35. The number of benzene rings is 1. The first kappa shape index (κ1) is 13.7. The summed E-state index contributed by atoms with van der Waals surface area (Å²) >= 11 is 4.52. The van der Waals surface area contributed by atoms with Crippen LogP contribution in [0.2, 0.25) is 0 Å². The van der Waals surface area contributed by atoms with Crippen LogP contribution < -0.4 is 4.74 Å². The number of nitrogens with zero attached hydrogens (tertiary/aromatic N) is 1. The van der Waals surface area contributed by atoms with Gasteiger partial charge >= 0.3 is 0 Å². The molecule has 20 heavy (non-hydrogen) atoms. The third-order valence-electron chi connectivity index (χ3n) is 4.02. The summed E-state index contributed by atoms with van der Waals surface area (Å²) in [6.45, 7) is 2.28. The summed E-state index contributed by atoms with van der Waals surface area (Å²) in [4.78, 5) is 4.42. The maximum atomic E-state index is 6.09. The minimum absolute atomic E-state index is 0.123. The van der Waals surface area contributed by atoms with Crippen LogP contribution in [0.25, 0.3) is 10.9 Å². The van der Waals surface area contributed by atoms with E-state index in [0.717, 1.165) is 48.5 Å². The third-order valence-corrected chi connectivity index (χ3v) is 4.69. The van der Waals surface area contributed by atoms with Gasteiger partial charge in [0.05, 0.1) is 6.61 Å². The van der Waals surface area contributed by atoms with Crippen molar-refractivity contribution >= 4 is 23.5 Å². The molecule has 0 amide bonds. The quantitative estimate of drug-likeness (QED) is 0.876. The summed E-state index contributed by atoms with van der Waals surface area (Å²) in [6, 6.07) is 10.0. The minimum atomic E-state index is 0.123. The zero-order chi connectivity index (χ0) is 13.8. The lowest BCUT2D eigenvalue weighted by atomic mass is 9.83. The molecule has 1 saturated heterocycles. The van der Waals surface area contributed by atoms with Gasteiger partial charge in [0.25, 0.3) is 0 Å². The number of rotatable bonds is 4. The highest BCUT2D eigenvalue weighted by atomic mass is 32.1. The smallest absolute Gasteiger partial charge is 0.145 e. The Balaban J connectivity index is 1.79. The highest BCUT2D eigenvalue weighted by Crippen LogP contribution is 2.33. The number of aromatic nitrogens is 1. The van der Waals surface area contributed by atoms with Gasteiger partial charge in [0.2, 0.25) is 0 Å². The van der Waals surface area contributed by atoms with E-state index < -0.39 is 0 Å². The Morgan fingerprint density at radius 2 is 2.00 bits per heavy atom. The molecular weight excluding hydrogens is 270 g/mol. The molecule has 1 aromatic heterocycles. The number of ether oxygens (including phenoxy) is 2. The molecule has 1 aromatic carbocycles. The van der Waals surface area contributed by atoms with Crippen LogP contribution in [0.15, 0.2) is 36.5 Å². The first-order valence-electron chi connectivity index (χ1n) is 6.98. The van der Waals surface area contributed by atoms with E-state index in [4.69, 9.17) is 9.47 Å². The molecule has 0 saturated carbocycles. The third kappa shape index (κ3) is 2.76. The van der Waals surface area contributed by atoms with Crippen LogP contribution in [0.4, 0.5) is 0 Å². The molecule has 0 unspecified atom stereocenters.